The van der Waals surface area contributed by atoms with Gasteiger partial charge < -0.3 is 10.1 Å². The number of methoxy groups -OCH3 is 1. The maximum atomic E-state index is 14.1. The lowest BCUT2D eigenvalue weighted by molar-refractivity contribution is 0.185. The van der Waals surface area contributed by atoms with Gasteiger partial charge in [-0.2, -0.15) is 0 Å². The molecule has 0 radical (unpaired) electrons. The first kappa shape index (κ1) is 17.9. The van der Waals surface area contributed by atoms with Gasteiger partial charge in [0.15, 0.2) is 5.82 Å². The quantitative estimate of drug-likeness (QED) is 0.714. The summed E-state index contributed by atoms with van der Waals surface area (Å²) in [5, 5.41) is 2.97. The number of hydrogen-bond donors (Lipinski definition) is 1. The monoisotopic (exact) mass is 359 g/mol. The van der Waals surface area contributed by atoms with E-state index in [4.69, 9.17) is 4.74 Å². The third kappa shape index (κ3) is 4.00. The summed E-state index contributed by atoms with van der Waals surface area (Å²) in [6.07, 6.45) is 0.944. The molecule has 26 heavy (non-hydrogen) atoms. The number of benzene rings is 2. The number of halogens is 3. The Labute approximate surface area is 148 Å². The van der Waals surface area contributed by atoms with Crippen LogP contribution in [-0.2, 0) is 11.3 Å². The molecule has 0 aliphatic heterocycles. The van der Waals surface area contributed by atoms with Crippen LogP contribution in [0.2, 0.25) is 0 Å². The van der Waals surface area contributed by atoms with E-state index >= 15 is 0 Å². The average Bonchev–Trinajstić information content (AvgIpc) is 2.57. The Morgan fingerprint density at radius 2 is 1.85 bits per heavy atom. The van der Waals surface area contributed by atoms with Gasteiger partial charge in [0.1, 0.15) is 17.3 Å². The molecule has 1 N–H and O–H groups in total. The van der Waals surface area contributed by atoms with E-state index in [0.29, 0.717) is 18.4 Å². The second kappa shape index (κ2) is 7.53. The Hall–Kier alpha value is -2.93. The first-order valence-corrected chi connectivity index (χ1v) is 7.81. The zero-order chi connectivity index (χ0) is 18.7. The van der Waals surface area contributed by atoms with Crippen LogP contribution in [-0.4, -0.2) is 17.1 Å². The van der Waals surface area contributed by atoms with Crippen LogP contribution >= 0.6 is 0 Å². The molecule has 134 valence electrons. The summed E-state index contributed by atoms with van der Waals surface area (Å²) in [4.78, 5) is 7.93. The van der Waals surface area contributed by atoms with Crippen molar-refractivity contribution in [1.82, 2.24) is 9.97 Å². The molecule has 0 aliphatic carbocycles. The minimum atomic E-state index is -0.897. The van der Waals surface area contributed by atoms with Crippen LogP contribution in [0.1, 0.15) is 11.1 Å². The second-order valence-electron chi connectivity index (χ2n) is 5.78. The number of nitrogens with one attached hydrogen (secondary N) is 1. The van der Waals surface area contributed by atoms with Gasteiger partial charge in [0, 0.05) is 24.4 Å². The predicted octanol–water partition coefficient (Wildman–Crippen LogP) is 4.76. The lowest BCUT2D eigenvalue weighted by Crippen LogP contribution is -2.02. The lowest BCUT2D eigenvalue weighted by Gasteiger charge is -2.10. The van der Waals surface area contributed by atoms with E-state index in [-0.39, 0.29) is 17.2 Å². The van der Waals surface area contributed by atoms with Crippen LogP contribution in [0.25, 0.3) is 11.3 Å². The van der Waals surface area contributed by atoms with Crippen molar-refractivity contribution in [1.29, 1.82) is 0 Å². The van der Waals surface area contributed by atoms with Gasteiger partial charge in [0.05, 0.1) is 12.8 Å². The van der Waals surface area contributed by atoms with E-state index in [0.717, 1.165) is 29.5 Å². The van der Waals surface area contributed by atoms with Crippen molar-refractivity contribution in [2.75, 3.05) is 12.4 Å². The molecule has 7 heteroatoms. The van der Waals surface area contributed by atoms with Crippen molar-refractivity contribution in [3.05, 3.63) is 71.2 Å². The Morgan fingerprint density at radius 1 is 1.04 bits per heavy atom. The van der Waals surface area contributed by atoms with Crippen LogP contribution in [0.5, 0.6) is 0 Å². The fourth-order valence-corrected chi connectivity index (χ4v) is 2.61. The molecule has 2 aromatic carbocycles. The maximum Gasteiger partial charge on any atom is 0.227 e. The molecule has 1 heterocycles. The van der Waals surface area contributed by atoms with Crippen molar-refractivity contribution < 1.29 is 17.9 Å². The van der Waals surface area contributed by atoms with Gasteiger partial charge >= 0.3 is 0 Å². The average molecular weight is 359 g/mol. The lowest BCUT2D eigenvalue weighted by atomic mass is 10.1. The summed E-state index contributed by atoms with van der Waals surface area (Å²) in [5.74, 6) is -2.35. The minimum absolute atomic E-state index is 0.0964. The van der Waals surface area contributed by atoms with E-state index < -0.39 is 17.5 Å². The molecular weight excluding hydrogens is 343 g/mol. The van der Waals surface area contributed by atoms with E-state index in [1.165, 1.54) is 0 Å². The van der Waals surface area contributed by atoms with Crippen molar-refractivity contribution in [3.8, 4) is 11.3 Å². The molecule has 3 rings (SSSR count). The van der Waals surface area contributed by atoms with Crippen LogP contribution in [0.4, 0.5) is 24.8 Å². The van der Waals surface area contributed by atoms with E-state index in [9.17, 15) is 13.2 Å². The second-order valence-corrected chi connectivity index (χ2v) is 5.78. The van der Waals surface area contributed by atoms with Crippen molar-refractivity contribution in [2.24, 2.45) is 0 Å². The third-order valence-corrected chi connectivity index (χ3v) is 3.63. The van der Waals surface area contributed by atoms with Gasteiger partial charge in [0.25, 0.3) is 0 Å². The van der Waals surface area contributed by atoms with Crippen molar-refractivity contribution in [2.45, 2.75) is 13.5 Å². The fourth-order valence-electron chi connectivity index (χ4n) is 2.61. The highest BCUT2D eigenvalue weighted by atomic mass is 19.1. The number of nitrogens with zero attached hydrogens (tertiary/aromatic N) is 2. The van der Waals surface area contributed by atoms with Crippen LogP contribution in [0, 0.1) is 24.4 Å². The molecule has 0 aliphatic rings. The Bertz CT molecular complexity index is 947. The van der Waals surface area contributed by atoms with Gasteiger partial charge in [0.2, 0.25) is 5.95 Å². The van der Waals surface area contributed by atoms with Gasteiger partial charge in [-0.15, -0.1) is 0 Å². The normalized spacial score (nSPS) is 10.8. The summed E-state index contributed by atoms with van der Waals surface area (Å²) >= 11 is 0. The topological polar surface area (TPSA) is 47.0 Å². The Morgan fingerprint density at radius 3 is 2.58 bits per heavy atom. The number of hydrogen-bond acceptors (Lipinski definition) is 4. The summed E-state index contributed by atoms with van der Waals surface area (Å²) in [6.45, 7) is 2.36. The molecule has 1 aromatic heterocycles. The van der Waals surface area contributed by atoms with Crippen molar-refractivity contribution in [3.63, 3.8) is 0 Å². The molecule has 0 saturated heterocycles. The number of aromatic nitrogens is 2. The molecule has 4 nitrogen and oxygen atoms in total. The van der Waals surface area contributed by atoms with Gasteiger partial charge in [-0.3, -0.25) is 0 Å². The summed E-state index contributed by atoms with van der Waals surface area (Å²) in [5.41, 5.74) is 2.24. The minimum Gasteiger partial charge on any atom is -0.380 e. The molecule has 0 amide bonds. The van der Waals surface area contributed by atoms with Gasteiger partial charge in [-0.05, 0) is 42.3 Å². The molecule has 0 unspecified atom stereocenters. The van der Waals surface area contributed by atoms with Crippen LogP contribution in [0.15, 0.2) is 42.6 Å². The number of ether oxygens (including phenoxy) is 1. The Kier molecular flexibility index (Phi) is 5.18. The van der Waals surface area contributed by atoms with Crippen LogP contribution < -0.4 is 5.32 Å². The number of rotatable bonds is 5. The van der Waals surface area contributed by atoms with E-state index in [1.807, 2.05) is 25.1 Å². The smallest absolute Gasteiger partial charge is 0.227 e. The fraction of sp³-hybridized carbons (Fsp3) is 0.158. The number of anilines is 2. The summed E-state index contributed by atoms with van der Waals surface area (Å²) in [6, 6.07) is 8.56. The molecule has 0 saturated carbocycles. The predicted molar refractivity (Wildman–Crippen MR) is 92.5 cm³/mol. The zero-order valence-corrected chi connectivity index (χ0v) is 14.2. The molecule has 3 aromatic rings. The maximum absolute atomic E-state index is 14.1. The van der Waals surface area contributed by atoms with Gasteiger partial charge in [-0.1, -0.05) is 6.07 Å². The molecule has 0 spiro atoms. The molecule has 0 atom stereocenters. The number of aryl methyl sites for hydroxylation is 1. The summed E-state index contributed by atoms with van der Waals surface area (Å²) < 4.78 is 46.2. The SMILES string of the molecule is COCc1cc(C)cc(Nc2ncc(F)c(-c3ccc(F)cc3F)n2)c1. The highest BCUT2D eigenvalue weighted by Crippen LogP contribution is 2.26. The first-order chi connectivity index (χ1) is 12.5. The molecular formula is C19H16F3N3O. The highest BCUT2D eigenvalue weighted by Gasteiger charge is 2.14. The zero-order valence-electron chi connectivity index (χ0n) is 14.2. The summed E-state index contributed by atoms with van der Waals surface area (Å²) in [7, 11) is 1.60. The van der Waals surface area contributed by atoms with Crippen molar-refractivity contribution >= 4 is 11.6 Å². The van der Waals surface area contributed by atoms with E-state index in [2.05, 4.69) is 15.3 Å². The standard InChI is InChI=1S/C19H16F3N3O/c1-11-5-12(10-26-2)7-14(6-11)24-19-23-9-17(22)18(25-19)15-4-3-13(20)8-16(15)21/h3-9H,10H2,1-2H3,(H,23,24,25). The first-order valence-electron chi connectivity index (χ1n) is 7.81. The Balaban J connectivity index is 1.95. The largest absolute Gasteiger partial charge is 0.380 e. The van der Waals surface area contributed by atoms with Crippen LogP contribution in [0.3, 0.4) is 0 Å². The molecule has 0 fully saturated rings. The highest BCUT2D eigenvalue weighted by molar-refractivity contribution is 5.63. The van der Waals surface area contributed by atoms with E-state index in [1.54, 1.807) is 7.11 Å². The third-order valence-electron chi connectivity index (χ3n) is 3.63. The van der Waals surface area contributed by atoms with Gasteiger partial charge in [-0.25, -0.2) is 23.1 Å². The molecule has 0 bridgehead atoms.